The molecular weight excluding hydrogens is 262 g/mol. The zero-order valence-corrected chi connectivity index (χ0v) is 14.3. The van der Waals surface area contributed by atoms with E-state index in [1.54, 1.807) is 0 Å². The van der Waals surface area contributed by atoms with Gasteiger partial charge in [0, 0.05) is 36.1 Å². The van der Waals surface area contributed by atoms with Gasteiger partial charge in [-0.05, 0) is 52.9 Å². The first-order chi connectivity index (χ1) is 9.86. The quantitative estimate of drug-likeness (QED) is 0.858. The van der Waals surface area contributed by atoms with Gasteiger partial charge in [0.15, 0.2) is 0 Å². The SMILES string of the molecule is CN1CCC(N(C)CC2(N)C3CCCOC3C2(C)C)CC1. The third-order valence-corrected chi connectivity index (χ3v) is 6.72. The second-order valence-electron chi connectivity index (χ2n) is 8.25. The summed E-state index contributed by atoms with van der Waals surface area (Å²) in [6.45, 7) is 8.98. The Morgan fingerprint density at radius 2 is 1.90 bits per heavy atom. The minimum absolute atomic E-state index is 0.0871. The van der Waals surface area contributed by atoms with Crippen LogP contribution < -0.4 is 5.73 Å². The maximum absolute atomic E-state index is 6.94. The van der Waals surface area contributed by atoms with E-state index in [0.717, 1.165) is 13.2 Å². The molecular formula is C17H33N3O. The van der Waals surface area contributed by atoms with Crippen molar-refractivity contribution in [3.8, 4) is 0 Å². The lowest BCUT2D eigenvalue weighted by molar-refractivity contribution is -0.232. The average molecular weight is 295 g/mol. The number of piperidine rings is 1. The van der Waals surface area contributed by atoms with Crippen molar-refractivity contribution >= 4 is 0 Å². The second-order valence-corrected chi connectivity index (χ2v) is 8.25. The maximum atomic E-state index is 6.94. The molecule has 3 aliphatic rings. The van der Waals surface area contributed by atoms with E-state index in [9.17, 15) is 0 Å². The lowest BCUT2D eigenvalue weighted by atomic mass is 9.46. The number of nitrogens with zero attached hydrogens (tertiary/aromatic N) is 2. The van der Waals surface area contributed by atoms with E-state index < -0.39 is 0 Å². The Bertz CT molecular complexity index is 378. The summed E-state index contributed by atoms with van der Waals surface area (Å²) in [5.41, 5.74) is 6.95. The van der Waals surface area contributed by atoms with Crippen LogP contribution in [0.5, 0.6) is 0 Å². The number of hydrogen-bond donors (Lipinski definition) is 1. The first-order valence-electron chi connectivity index (χ1n) is 8.65. The summed E-state index contributed by atoms with van der Waals surface area (Å²) in [6, 6.07) is 0.695. The molecule has 122 valence electrons. The molecule has 3 rings (SSSR count). The molecule has 2 saturated heterocycles. The molecule has 0 radical (unpaired) electrons. The van der Waals surface area contributed by atoms with Crippen molar-refractivity contribution in [2.75, 3.05) is 40.3 Å². The fraction of sp³-hybridized carbons (Fsp3) is 1.00. The van der Waals surface area contributed by atoms with Gasteiger partial charge >= 0.3 is 0 Å². The van der Waals surface area contributed by atoms with Gasteiger partial charge in [0.25, 0.3) is 0 Å². The number of fused-ring (bicyclic) bond motifs is 1. The van der Waals surface area contributed by atoms with Crippen LogP contribution in [0.3, 0.4) is 0 Å². The molecule has 2 aliphatic heterocycles. The Morgan fingerprint density at radius 1 is 1.24 bits per heavy atom. The molecule has 0 aromatic rings. The number of rotatable bonds is 3. The largest absolute Gasteiger partial charge is 0.377 e. The molecule has 2 N–H and O–H groups in total. The van der Waals surface area contributed by atoms with Crippen molar-refractivity contribution in [3.63, 3.8) is 0 Å². The van der Waals surface area contributed by atoms with Gasteiger partial charge < -0.3 is 20.3 Å². The van der Waals surface area contributed by atoms with Gasteiger partial charge in [-0.1, -0.05) is 13.8 Å². The number of hydrogen-bond acceptors (Lipinski definition) is 4. The van der Waals surface area contributed by atoms with Crippen molar-refractivity contribution in [2.24, 2.45) is 17.1 Å². The summed E-state index contributed by atoms with van der Waals surface area (Å²) < 4.78 is 6.02. The summed E-state index contributed by atoms with van der Waals surface area (Å²) in [6.07, 6.45) is 5.34. The fourth-order valence-electron chi connectivity index (χ4n) is 4.97. The first-order valence-corrected chi connectivity index (χ1v) is 8.65. The fourth-order valence-corrected chi connectivity index (χ4v) is 4.97. The predicted molar refractivity (Wildman–Crippen MR) is 86.3 cm³/mol. The Kier molecular flexibility index (Phi) is 4.11. The van der Waals surface area contributed by atoms with Crippen molar-refractivity contribution in [3.05, 3.63) is 0 Å². The summed E-state index contributed by atoms with van der Waals surface area (Å²) in [5, 5.41) is 0. The Hall–Kier alpha value is -0.160. The molecule has 3 unspecified atom stereocenters. The van der Waals surface area contributed by atoms with E-state index in [1.165, 1.54) is 38.8 Å². The molecule has 0 spiro atoms. The maximum Gasteiger partial charge on any atom is 0.0690 e. The van der Waals surface area contributed by atoms with Crippen molar-refractivity contribution in [2.45, 2.75) is 57.2 Å². The normalized spacial score (nSPS) is 40.9. The summed E-state index contributed by atoms with van der Waals surface area (Å²) in [4.78, 5) is 4.97. The predicted octanol–water partition coefficient (Wildman–Crippen LogP) is 1.54. The van der Waals surface area contributed by atoms with Gasteiger partial charge in [-0.15, -0.1) is 0 Å². The highest BCUT2D eigenvalue weighted by Gasteiger charge is 2.66. The topological polar surface area (TPSA) is 41.7 Å². The highest BCUT2D eigenvalue weighted by molar-refractivity contribution is 5.21. The molecule has 3 fully saturated rings. The van der Waals surface area contributed by atoms with Crippen LogP contribution in [0.15, 0.2) is 0 Å². The first kappa shape index (κ1) is 15.7. The molecule has 4 heteroatoms. The molecule has 0 amide bonds. The molecule has 2 heterocycles. The monoisotopic (exact) mass is 295 g/mol. The van der Waals surface area contributed by atoms with Gasteiger partial charge in [0.05, 0.1) is 6.10 Å². The standard InChI is InChI=1S/C17H33N3O/c1-16(2)15-14(6-5-11-21-15)17(16,18)12-20(4)13-7-9-19(3)10-8-13/h13-15H,5-12,18H2,1-4H3. The molecule has 0 aromatic heterocycles. The molecule has 21 heavy (non-hydrogen) atoms. The van der Waals surface area contributed by atoms with Crippen LogP contribution in [-0.2, 0) is 4.74 Å². The van der Waals surface area contributed by atoms with Crippen LogP contribution in [0, 0.1) is 11.3 Å². The van der Waals surface area contributed by atoms with Gasteiger partial charge in [-0.2, -0.15) is 0 Å². The van der Waals surface area contributed by atoms with E-state index in [2.05, 4.69) is 37.7 Å². The minimum Gasteiger partial charge on any atom is -0.377 e. The zero-order chi connectivity index (χ0) is 15.3. The smallest absolute Gasteiger partial charge is 0.0690 e. The molecule has 1 saturated carbocycles. The van der Waals surface area contributed by atoms with E-state index in [-0.39, 0.29) is 11.0 Å². The summed E-state index contributed by atoms with van der Waals surface area (Å²) in [5.74, 6) is 0.551. The number of nitrogens with two attached hydrogens (primary N) is 1. The summed E-state index contributed by atoms with van der Waals surface area (Å²) in [7, 11) is 4.50. The van der Waals surface area contributed by atoms with Crippen molar-refractivity contribution in [1.29, 1.82) is 0 Å². The summed E-state index contributed by atoms with van der Waals surface area (Å²) >= 11 is 0. The Balaban J connectivity index is 1.65. The molecule has 0 aromatic carbocycles. The van der Waals surface area contributed by atoms with E-state index in [0.29, 0.717) is 18.1 Å². The van der Waals surface area contributed by atoms with Crippen LogP contribution in [0.1, 0.15) is 39.5 Å². The molecule has 0 bridgehead atoms. The zero-order valence-electron chi connectivity index (χ0n) is 14.3. The second kappa shape index (κ2) is 5.48. The van der Waals surface area contributed by atoms with Crippen LogP contribution in [-0.4, -0.2) is 67.8 Å². The van der Waals surface area contributed by atoms with Gasteiger partial charge in [-0.3, -0.25) is 0 Å². The molecule has 3 atom stereocenters. The van der Waals surface area contributed by atoms with E-state index in [4.69, 9.17) is 10.5 Å². The Morgan fingerprint density at radius 3 is 2.57 bits per heavy atom. The third-order valence-electron chi connectivity index (χ3n) is 6.72. The van der Waals surface area contributed by atoms with Gasteiger partial charge in [-0.25, -0.2) is 0 Å². The Labute approximate surface area is 130 Å². The third kappa shape index (κ3) is 2.44. The lowest BCUT2D eigenvalue weighted by Gasteiger charge is -2.67. The molecule has 1 aliphatic carbocycles. The molecule has 4 nitrogen and oxygen atoms in total. The van der Waals surface area contributed by atoms with E-state index in [1.807, 2.05) is 0 Å². The number of likely N-dealkylation sites (tertiary alicyclic amines) is 1. The number of ether oxygens (including phenoxy) is 1. The van der Waals surface area contributed by atoms with Crippen LogP contribution >= 0.6 is 0 Å². The van der Waals surface area contributed by atoms with Gasteiger partial charge in [0.2, 0.25) is 0 Å². The van der Waals surface area contributed by atoms with Crippen molar-refractivity contribution in [1.82, 2.24) is 9.80 Å². The number of likely N-dealkylation sites (N-methyl/N-ethyl adjacent to an activating group) is 1. The lowest BCUT2D eigenvalue weighted by Crippen LogP contribution is -2.80. The van der Waals surface area contributed by atoms with Gasteiger partial charge in [0.1, 0.15) is 0 Å². The van der Waals surface area contributed by atoms with Crippen LogP contribution in [0.2, 0.25) is 0 Å². The average Bonchev–Trinajstić information content (AvgIpc) is 2.47. The van der Waals surface area contributed by atoms with E-state index >= 15 is 0 Å². The van der Waals surface area contributed by atoms with Crippen molar-refractivity contribution < 1.29 is 4.74 Å². The van der Waals surface area contributed by atoms with Crippen LogP contribution in [0.25, 0.3) is 0 Å². The highest BCUT2D eigenvalue weighted by atomic mass is 16.5. The minimum atomic E-state index is -0.0871. The highest BCUT2D eigenvalue weighted by Crippen LogP contribution is 2.57. The van der Waals surface area contributed by atoms with Crippen LogP contribution in [0.4, 0.5) is 0 Å².